The highest BCUT2D eigenvalue weighted by atomic mass is 19.4. The van der Waals surface area contributed by atoms with E-state index in [2.05, 4.69) is 16.5 Å². The Balaban J connectivity index is 2.08. The monoisotopic (exact) mass is 353 g/mol. The molecule has 0 saturated carbocycles. The molecule has 0 bridgehead atoms. The van der Waals surface area contributed by atoms with Gasteiger partial charge in [0.2, 0.25) is 5.90 Å². The van der Waals surface area contributed by atoms with E-state index in [-0.39, 0.29) is 11.7 Å². The molecule has 0 saturated heterocycles. The molecule has 0 fully saturated rings. The van der Waals surface area contributed by atoms with Crippen LogP contribution in [0.4, 0.5) is 13.2 Å². The first-order chi connectivity index (χ1) is 11.9. The molecule has 1 aliphatic heterocycles. The van der Waals surface area contributed by atoms with Crippen molar-refractivity contribution in [1.29, 1.82) is 0 Å². The van der Waals surface area contributed by atoms with Crippen molar-refractivity contribution in [2.24, 2.45) is 11.1 Å². The van der Waals surface area contributed by atoms with E-state index >= 15 is 0 Å². The van der Waals surface area contributed by atoms with Crippen LogP contribution in [-0.4, -0.2) is 19.4 Å². The van der Waals surface area contributed by atoms with E-state index in [1.165, 1.54) is 25.3 Å². The third-order valence-corrected chi connectivity index (χ3v) is 3.45. The fourth-order valence-corrected chi connectivity index (χ4v) is 2.20. The Bertz CT molecular complexity index is 682. The molecule has 0 radical (unpaired) electrons. The van der Waals surface area contributed by atoms with E-state index in [1.807, 2.05) is 0 Å². The summed E-state index contributed by atoms with van der Waals surface area (Å²) >= 11 is 0. The molecule has 0 amide bonds. The van der Waals surface area contributed by atoms with Crippen molar-refractivity contribution in [3.05, 3.63) is 72.3 Å². The molecule has 2 aliphatic rings. The Morgan fingerprint density at radius 3 is 2.76 bits per heavy atom. The van der Waals surface area contributed by atoms with Crippen LogP contribution in [0.1, 0.15) is 12.8 Å². The average molecular weight is 353 g/mol. The Hall–Kier alpha value is -2.70. The second-order valence-corrected chi connectivity index (χ2v) is 5.17. The molecule has 2 rings (SSSR count). The van der Waals surface area contributed by atoms with Gasteiger partial charge in [-0.1, -0.05) is 37.0 Å². The number of halogens is 3. The standard InChI is InChI=1S/C18H18F3NO3/c1-3-13(7-10-16-11-12-17(23-2)22-25-16)14-5-4-6-15(9-8-14)24-18(19,20)21/h3-10,14H,1,11-12H2,2H3/b13-7+,16-10+. The summed E-state index contributed by atoms with van der Waals surface area (Å²) < 4.78 is 45.8. The van der Waals surface area contributed by atoms with Crippen LogP contribution in [0.3, 0.4) is 0 Å². The first-order valence-electron chi connectivity index (χ1n) is 7.55. The molecule has 0 spiro atoms. The lowest BCUT2D eigenvalue weighted by molar-refractivity contribution is -0.303. The van der Waals surface area contributed by atoms with E-state index in [0.29, 0.717) is 24.5 Å². The van der Waals surface area contributed by atoms with Crippen LogP contribution in [0, 0.1) is 5.92 Å². The zero-order chi connectivity index (χ0) is 18.3. The van der Waals surface area contributed by atoms with Gasteiger partial charge in [-0.05, 0) is 29.0 Å². The van der Waals surface area contributed by atoms with Crippen molar-refractivity contribution in [1.82, 2.24) is 0 Å². The maximum absolute atomic E-state index is 12.3. The van der Waals surface area contributed by atoms with Crippen molar-refractivity contribution < 1.29 is 27.5 Å². The molecule has 134 valence electrons. The number of hydrogen-bond acceptors (Lipinski definition) is 4. The van der Waals surface area contributed by atoms with Gasteiger partial charge in [-0.2, -0.15) is 0 Å². The number of allylic oxidation sites excluding steroid dienone is 10. The van der Waals surface area contributed by atoms with Gasteiger partial charge in [0.15, 0.2) is 0 Å². The maximum Gasteiger partial charge on any atom is 0.573 e. The summed E-state index contributed by atoms with van der Waals surface area (Å²) in [5.41, 5.74) is 0.798. The summed E-state index contributed by atoms with van der Waals surface area (Å²) in [4.78, 5) is 5.21. The highest BCUT2D eigenvalue weighted by molar-refractivity contribution is 5.76. The van der Waals surface area contributed by atoms with Crippen molar-refractivity contribution in [3.63, 3.8) is 0 Å². The number of ether oxygens (including phenoxy) is 2. The van der Waals surface area contributed by atoms with Crippen molar-refractivity contribution in [2.75, 3.05) is 7.11 Å². The minimum atomic E-state index is -4.72. The molecule has 1 unspecified atom stereocenters. The van der Waals surface area contributed by atoms with Crippen LogP contribution >= 0.6 is 0 Å². The Morgan fingerprint density at radius 2 is 2.16 bits per heavy atom. The minimum absolute atomic E-state index is 0.235. The summed E-state index contributed by atoms with van der Waals surface area (Å²) in [6.07, 6.45) is 9.19. The van der Waals surface area contributed by atoms with Gasteiger partial charge >= 0.3 is 6.36 Å². The zero-order valence-corrected chi connectivity index (χ0v) is 13.6. The van der Waals surface area contributed by atoms with Crippen molar-refractivity contribution in [3.8, 4) is 0 Å². The van der Waals surface area contributed by atoms with Crippen LogP contribution in [0.15, 0.2) is 77.4 Å². The third-order valence-electron chi connectivity index (χ3n) is 3.45. The second kappa shape index (κ2) is 8.41. The van der Waals surface area contributed by atoms with Gasteiger partial charge < -0.3 is 14.3 Å². The smallest absolute Gasteiger partial charge is 0.482 e. The molecule has 4 nitrogen and oxygen atoms in total. The molecule has 7 heteroatoms. The number of rotatable bonds is 4. The predicted octanol–water partition coefficient (Wildman–Crippen LogP) is 4.92. The van der Waals surface area contributed by atoms with Crippen molar-refractivity contribution in [2.45, 2.75) is 19.2 Å². The maximum atomic E-state index is 12.3. The van der Waals surface area contributed by atoms with Crippen LogP contribution in [0.2, 0.25) is 0 Å². The van der Waals surface area contributed by atoms with Gasteiger partial charge in [0.05, 0.1) is 7.11 Å². The number of alkyl halides is 3. The quantitative estimate of drug-likeness (QED) is 0.674. The summed E-state index contributed by atoms with van der Waals surface area (Å²) in [7, 11) is 1.53. The van der Waals surface area contributed by atoms with Crippen LogP contribution in [0.25, 0.3) is 0 Å². The molecule has 1 heterocycles. The number of oxime groups is 1. The molecule has 0 aromatic rings. The zero-order valence-electron chi connectivity index (χ0n) is 13.6. The Morgan fingerprint density at radius 1 is 1.36 bits per heavy atom. The van der Waals surface area contributed by atoms with E-state index in [4.69, 9.17) is 9.57 Å². The summed E-state index contributed by atoms with van der Waals surface area (Å²) in [5, 5.41) is 3.82. The number of methoxy groups -OCH3 is 1. The molecular formula is C18H18F3NO3. The number of hydrogen-bond donors (Lipinski definition) is 0. The van der Waals surface area contributed by atoms with E-state index in [1.54, 1.807) is 30.4 Å². The van der Waals surface area contributed by atoms with Gasteiger partial charge in [0, 0.05) is 18.8 Å². The lowest BCUT2D eigenvalue weighted by atomic mass is 9.97. The van der Waals surface area contributed by atoms with E-state index < -0.39 is 6.36 Å². The highest BCUT2D eigenvalue weighted by Gasteiger charge is 2.31. The topological polar surface area (TPSA) is 40.0 Å². The lowest BCUT2D eigenvalue weighted by Gasteiger charge is -2.13. The van der Waals surface area contributed by atoms with Gasteiger partial charge in [0.25, 0.3) is 0 Å². The van der Waals surface area contributed by atoms with Gasteiger partial charge in [-0.25, -0.2) is 0 Å². The molecule has 0 N–H and O–H groups in total. The molecular weight excluding hydrogens is 335 g/mol. The highest BCUT2D eigenvalue weighted by Crippen LogP contribution is 2.25. The minimum Gasteiger partial charge on any atom is -0.482 e. The van der Waals surface area contributed by atoms with E-state index in [0.717, 1.165) is 5.57 Å². The largest absolute Gasteiger partial charge is 0.573 e. The van der Waals surface area contributed by atoms with Gasteiger partial charge in [-0.3, -0.25) is 0 Å². The fourth-order valence-electron chi connectivity index (χ4n) is 2.20. The predicted molar refractivity (Wildman–Crippen MR) is 88.1 cm³/mol. The molecule has 1 aliphatic carbocycles. The number of nitrogens with zero attached hydrogens (tertiary/aromatic N) is 1. The van der Waals surface area contributed by atoms with Crippen LogP contribution < -0.4 is 0 Å². The molecule has 0 aromatic carbocycles. The molecule has 1 atom stereocenters. The molecule has 25 heavy (non-hydrogen) atoms. The molecule has 0 aromatic heterocycles. The van der Waals surface area contributed by atoms with Crippen LogP contribution in [-0.2, 0) is 14.3 Å². The lowest BCUT2D eigenvalue weighted by Crippen LogP contribution is -2.11. The SMILES string of the molecule is C=C/C(=C\C=C1/CCC(OC)=NO1)C1C=CC=C(OC(F)(F)F)C=C1. The second-order valence-electron chi connectivity index (χ2n) is 5.17. The normalized spacial score (nSPS) is 22.6. The first kappa shape index (κ1) is 18.6. The average Bonchev–Trinajstić information content (AvgIpc) is 2.80. The summed E-state index contributed by atoms with van der Waals surface area (Å²) in [6.45, 7) is 3.75. The first-order valence-corrected chi connectivity index (χ1v) is 7.55. The summed E-state index contributed by atoms with van der Waals surface area (Å²) in [5.74, 6) is 0.690. The summed E-state index contributed by atoms with van der Waals surface area (Å²) in [6, 6.07) is 0. The van der Waals surface area contributed by atoms with E-state index in [9.17, 15) is 13.2 Å². The van der Waals surface area contributed by atoms with Crippen LogP contribution in [0.5, 0.6) is 0 Å². The Kier molecular flexibility index (Phi) is 6.27. The van der Waals surface area contributed by atoms with Gasteiger partial charge in [0.1, 0.15) is 11.5 Å². The third kappa shape index (κ3) is 6.02. The Labute approximate surface area is 143 Å². The van der Waals surface area contributed by atoms with Gasteiger partial charge in [-0.15, -0.1) is 13.2 Å². The van der Waals surface area contributed by atoms with Crippen molar-refractivity contribution >= 4 is 5.90 Å². The fraction of sp³-hybridized carbons (Fsp3) is 0.278.